The first kappa shape index (κ1) is 43.3. The van der Waals surface area contributed by atoms with Gasteiger partial charge in [-0.15, -0.1) is 0 Å². The number of nitrogens with one attached hydrogen (secondary N) is 2. The minimum Gasteiger partial charge on any atom is -0.374 e. The number of benzene rings is 1. The van der Waals surface area contributed by atoms with Crippen molar-refractivity contribution in [3.8, 4) is 11.8 Å². The first-order valence-corrected chi connectivity index (χ1v) is 21.9. The lowest BCUT2D eigenvalue weighted by Crippen LogP contribution is -2.44. The molecule has 4 aliphatic heterocycles. The van der Waals surface area contributed by atoms with Crippen LogP contribution in [0.3, 0.4) is 0 Å². The molecule has 1 aromatic carbocycles. The van der Waals surface area contributed by atoms with Gasteiger partial charge in [-0.1, -0.05) is 25.3 Å². The van der Waals surface area contributed by atoms with Crippen LogP contribution in [0.1, 0.15) is 105 Å². The quantitative estimate of drug-likeness (QED) is 0.148. The lowest BCUT2D eigenvalue weighted by atomic mass is 9.85. The van der Waals surface area contributed by atoms with Gasteiger partial charge in [0.15, 0.2) is 11.3 Å². The molecule has 64 heavy (non-hydrogen) atoms. The lowest BCUT2D eigenvalue weighted by Gasteiger charge is -2.36. The second kappa shape index (κ2) is 17.9. The molecule has 0 spiro atoms. The highest BCUT2D eigenvalue weighted by molar-refractivity contribution is 6.08. The zero-order valence-corrected chi connectivity index (χ0v) is 34.9. The largest absolute Gasteiger partial charge is 0.374 e. The summed E-state index contributed by atoms with van der Waals surface area (Å²) in [5, 5.41) is 13.6. The van der Waals surface area contributed by atoms with Crippen LogP contribution in [0, 0.1) is 17.8 Å². The molecule has 0 radical (unpaired) electrons. The molecule has 10 rings (SSSR count). The number of aryl methyl sites for hydroxylation is 1. The normalized spacial score (nSPS) is 24.0. The number of amides is 3. The second-order valence-corrected chi connectivity index (χ2v) is 17.4. The van der Waals surface area contributed by atoms with E-state index in [-0.39, 0.29) is 74.0 Å². The maximum atomic E-state index is 14.3. The summed E-state index contributed by atoms with van der Waals surface area (Å²) in [5.41, 5.74) is 1.62. The van der Waals surface area contributed by atoms with Crippen molar-refractivity contribution in [2.45, 2.75) is 102 Å². The number of imidazole rings is 1. The van der Waals surface area contributed by atoms with Crippen molar-refractivity contribution in [3.63, 3.8) is 0 Å². The zero-order valence-electron chi connectivity index (χ0n) is 34.9. The van der Waals surface area contributed by atoms with Gasteiger partial charge in [0.2, 0.25) is 11.8 Å². The van der Waals surface area contributed by atoms with Gasteiger partial charge in [0.05, 0.1) is 59.4 Å². The molecule has 2 N–H and O–H groups in total. The van der Waals surface area contributed by atoms with Gasteiger partial charge in [0.25, 0.3) is 12.3 Å². The SMILES string of the molecule is C.Cn1c(=O)n(C2CCC(=O)NC2=O)c2cccc(C#CCOC3CCN(CC4CCC(n5cc(NC(=O)c6cnn7ccc(N8C[C@H]9C[C@@H]8CO9)nc67)c(C(F)F)n5)CC4)CC3)c21. The summed E-state index contributed by atoms with van der Waals surface area (Å²) < 4.78 is 46.5. The molecule has 338 valence electrons. The predicted octanol–water partition coefficient (Wildman–Crippen LogP) is 4.62. The number of nitrogens with zero attached hydrogens (tertiary/aromatic N) is 9. The topological polar surface area (TPSA) is 175 Å². The number of hydrogen-bond acceptors (Lipinski definition) is 11. The molecular weight excluding hydrogens is 829 g/mol. The maximum absolute atomic E-state index is 14.3. The summed E-state index contributed by atoms with van der Waals surface area (Å²) in [4.78, 5) is 60.5. The van der Waals surface area contributed by atoms with E-state index in [4.69, 9.17) is 14.5 Å². The third-order valence-corrected chi connectivity index (χ3v) is 13.5. The van der Waals surface area contributed by atoms with Gasteiger partial charge < -0.3 is 24.6 Å². The number of alkyl halides is 2. The van der Waals surface area contributed by atoms with Crippen LogP contribution in [-0.4, -0.2) is 114 Å². The van der Waals surface area contributed by atoms with Gasteiger partial charge in [-0.25, -0.2) is 23.1 Å². The molecule has 4 aromatic heterocycles. The molecule has 1 saturated carbocycles. The molecule has 3 amide bonds. The molecule has 5 fully saturated rings. The average Bonchev–Trinajstić information content (AvgIpc) is 4.13. The Labute approximate surface area is 368 Å². The number of anilines is 2. The van der Waals surface area contributed by atoms with E-state index in [1.165, 1.54) is 26.0 Å². The minimum absolute atomic E-state index is 0. The third kappa shape index (κ3) is 8.29. The van der Waals surface area contributed by atoms with E-state index in [9.17, 15) is 28.0 Å². The average molecular weight is 882 g/mol. The Hall–Kier alpha value is -5.97. The Morgan fingerprint density at radius 3 is 2.61 bits per heavy atom. The summed E-state index contributed by atoms with van der Waals surface area (Å²) in [6.45, 7) is 4.40. The molecule has 1 aliphatic carbocycles. The van der Waals surface area contributed by atoms with E-state index in [0.717, 1.165) is 76.9 Å². The molecule has 4 saturated heterocycles. The fourth-order valence-corrected chi connectivity index (χ4v) is 10.2. The molecule has 8 heterocycles. The molecule has 19 heteroatoms. The van der Waals surface area contributed by atoms with E-state index in [0.29, 0.717) is 34.8 Å². The number of carbonyl (C=O) groups is 3. The highest BCUT2D eigenvalue weighted by atomic mass is 19.3. The van der Waals surface area contributed by atoms with Crippen molar-refractivity contribution < 1.29 is 32.6 Å². The first-order chi connectivity index (χ1) is 30.6. The standard InChI is InChI=1S/C44H49F2N11O6.CH4/c1-52-39-27(4-2-6-34(39)57(44(52)61)35-11-12-37(58)50-43(35)60)5-3-19-62-30-13-16-53(17-14-30)22-26-7-9-28(10-8-26)56-24-33(38(51-56)40(45)46)48-42(59)32-21-47-55-18-15-36(49-41(32)55)54-23-31-20-29(54)25-63-31;/h2,4,6,15,18,21,24,26,28-31,35,40H,7-14,16-17,19-20,22-23,25H2,1H3,(H,48,59)(H,50,58,60);1H4/t26?,28?,29-,31-,35?;/m1./s1. The minimum atomic E-state index is -2.86. The summed E-state index contributed by atoms with van der Waals surface area (Å²) in [6.07, 6.45) is 8.73. The smallest absolute Gasteiger partial charge is 0.329 e. The Morgan fingerprint density at radius 1 is 1.06 bits per heavy atom. The van der Waals surface area contributed by atoms with Crippen LogP contribution in [-0.2, 0) is 26.1 Å². The monoisotopic (exact) mass is 881 g/mol. The van der Waals surface area contributed by atoms with E-state index < -0.39 is 30.0 Å². The van der Waals surface area contributed by atoms with Gasteiger partial charge in [-0.2, -0.15) is 10.2 Å². The van der Waals surface area contributed by atoms with E-state index in [2.05, 4.69) is 42.5 Å². The number of piperidine rings is 2. The summed E-state index contributed by atoms with van der Waals surface area (Å²) in [6, 6.07) is 6.73. The number of hydrogen-bond donors (Lipinski definition) is 2. The maximum Gasteiger partial charge on any atom is 0.329 e. The molecular formula is C45H53F2N11O6. The molecule has 2 bridgehead atoms. The number of imide groups is 1. The Bertz CT molecular complexity index is 2700. The van der Waals surface area contributed by atoms with Crippen LogP contribution in [0.15, 0.2) is 47.7 Å². The number of carbonyl (C=O) groups excluding carboxylic acids is 3. The van der Waals surface area contributed by atoms with Gasteiger partial charge in [-0.3, -0.25) is 33.5 Å². The van der Waals surface area contributed by atoms with E-state index >= 15 is 0 Å². The number of aromatic nitrogens is 7. The Balaban J connectivity index is 0.00000518. The number of para-hydroxylation sites is 1. The van der Waals surface area contributed by atoms with Gasteiger partial charge >= 0.3 is 5.69 Å². The zero-order chi connectivity index (χ0) is 43.4. The number of halogens is 2. The number of morpholine rings is 1. The predicted molar refractivity (Wildman–Crippen MR) is 232 cm³/mol. The summed E-state index contributed by atoms with van der Waals surface area (Å²) >= 11 is 0. The fourth-order valence-electron chi connectivity index (χ4n) is 10.2. The Kier molecular flexibility index (Phi) is 12.1. The van der Waals surface area contributed by atoms with Crippen LogP contribution >= 0.6 is 0 Å². The van der Waals surface area contributed by atoms with Crippen LogP contribution in [0.4, 0.5) is 20.3 Å². The number of fused-ring (bicyclic) bond motifs is 4. The van der Waals surface area contributed by atoms with E-state index in [1.54, 1.807) is 24.0 Å². The molecule has 5 aromatic rings. The molecule has 1 unspecified atom stereocenters. The van der Waals surface area contributed by atoms with Gasteiger partial charge in [-0.05, 0) is 75.5 Å². The van der Waals surface area contributed by atoms with Crippen molar-refractivity contribution in [1.82, 2.24) is 43.7 Å². The van der Waals surface area contributed by atoms with Gasteiger partial charge in [0.1, 0.15) is 24.0 Å². The first-order valence-electron chi connectivity index (χ1n) is 21.9. The lowest BCUT2D eigenvalue weighted by molar-refractivity contribution is -0.135. The second-order valence-electron chi connectivity index (χ2n) is 17.4. The van der Waals surface area contributed by atoms with Crippen LogP contribution in [0.5, 0.6) is 0 Å². The molecule has 3 atom stereocenters. The molecule has 17 nitrogen and oxygen atoms in total. The fraction of sp³-hybridized carbons (Fsp3) is 0.533. The van der Waals surface area contributed by atoms with Crippen molar-refractivity contribution in [2.24, 2.45) is 13.0 Å². The van der Waals surface area contributed by atoms with Crippen LogP contribution in [0.25, 0.3) is 16.7 Å². The van der Waals surface area contributed by atoms with Crippen LogP contribution < -0.4 is 21.2 Å². The van der Waals surface area contributed by atoms with Crippen LogP contribution in [0.2, 0.25) is 0 Å². The number of likely N-dealkylation sites (tertiary alicyclic amines) is 1. The summed E-state index contributed by atoms with van der Waals surface area (Å²) in [5.74, 6) is 6.11. The van der Waals surface area contributed by atoms with Gasteiger partial charge in [0, 0.05) is 52.0 Å². The van der Waals surface area contributed by atoms with Crippen molar-refractivity contribution in [1.29, 1.82) is 0 Å². The highest BCUT2D eigenvalue weighted by Gasteiger charge is 2.40. The van der Waals surface area contributed by atoms with Crippen molar-refractivity contribution >= 4 is 45.9 Å². The highest BCUT2D eigenvalue weighted by Crippen LogP contribution is 2.36. The number of rotatable bonds is 10. The Morgan fingerprint density at radius 2 is 1.88 bits per heavy atom. The van der Waals surface area contributed by atoms with Crippen molar-refractivity contribution in [3.05, 3.63) is 70.2 Å². The van der Waals surface area contributed by atoms with Crippen molar-refractivity contribution in [2.75, 3.05) is 49.6 Å². The van der Waals surface area contributed by atoms with E-state index in [1.807, 2.05) is 18.2 Å². The molecule has 5 aliphatic rings. The summed E-state index contributed by atoms with van der Waals surface area (Å²) in [7, 11) is 1.66. The third-order valence-electron chi connectivity index (χ3n) is 13.5. The number of ether oxygens (including phenoxy) is 2.